The third-order valence-electron chi connectivity index (χ3n) is 1.26. The van der Waals surface area contributed by atoms with E-state index >= 15 is 0 Å². The molecule has 0 saturated heterocycles. The minimum absolute atomic E-state index is 0.131. The molecule has 1 radical (unpaired) electrons. The van der Waals surface area contributed by atoms with Gasteiger partial charge in [-0.2, -0.15) is 0 Å². The van der Waals surface area contributed by atoms with Gasteiger partial charge >= 0.3 is 5.97 Å². The highest BCUT2D eigenvalue weighted by atomic mass is 16.5. The topological polar surface area (TPSA) is 26.3 Å². The van der Waals surface area contributed by atoms with Gasteiger partial charge in [0.15, 0.2) is 0 Å². The number of carbonyl (C=O) groups is 1. The molecule has 0 unspecified atom stereocenters. The van der Waals surface area contributed by atoms with Gasteiger partial charge in [-0.25, -0.2) is 0 Å². The second-order valence-electron chi connectivity index (χ2n) is 2.46. The average Bonchev–Trinajstić information content (AvgIpc) is 2.01. The number of hydrogen-bond donors (Lipinski definition) is 0. The number of rotatable bonds is 4. The predicted octanol–water partition coefficient (Wildman–Crippen LogP) is 2.11. The van der Waals surface area contributed by atoms with Crippen LogP contribution in [0.3, 0.4) is 0 Å². The van der Waals surface area contributed by atoms with Gasteiger partial charge in [0.2, 0.25) is 0 Å². The van der Waals surface area contributed by atoms with Crippen LogP contribution in [0.2, 0.25) is 0 Å². The molecule has 0 rings (SSSR count). The lowest BCUT2D eigenvalue weighted by molar-refractivity contribution is -0.142. The van der Waals surface area contributed by atoms with E-state index in [1.807, 2.05) is 13.8 Å². The lowest BCUT2D eigenvalue weighted by atomic mass is 10.3. The maximum absolute atomic E-state index is 10.8. The molecular formula is C9H15O2. The number of hydrogen-bond acceptors (Lipinski definition) is 2. The molecule has 0 atom stereocenters. The second kappa shape index (κ2) is 5.96. The van der Waals surface area contributed by atoms with E-state index in [1.54, 1.807) is 6.08 Å². The molecule has 0 aromatic heterocycles. The molecule has 2 nitrogen and oxygen atoms in total. The molecule has 0 aliphatic carbocycles. The number of allylic oxidation sites excluding steroid dienone is 1. The molecule has 0 aromatic rings. The first-order valence-corrected chi connectivity index (χ1v) is 3.81. The summed E-state index contributed by atoms with van der Waals surface area (Å²) in [6, 6.07) is 0. The Hall–Kier alpha value is -0.790. The Morgan fingerprint density at radius 2 is 2.27 bits per heavy atom. The standard InChI is InChI=1S/C9H15O2/c1-4-6-9(10)11-7-8(3)5-2/h5H,2,4,6-7H2,1,3H3/b8-5+. The lowest BCUT2D eigenvalue weighted by Gasteiger charge is -2.02. The van der Waals surface area contributed by atoms with Gasteiger partial charge in [-0.05, 0) is 25.8 Å². The molecule has 0 bridgehead atoms. The number of ether oxygens (including phenoxy) is 1. The average molecular weight is 155 g/mol. The Morgan fingerprint density at radius 3 is 2.73 bits per heavy atom. The van der Waals surface area contributed by atoms with E-state index in [0.29, 0.717) is 13.0 Å². The molecule has 0 aliphatic heterocycles. The molecule has 0 N–H and O–H groups in total. The smallest absolute Gasteiger partial charge is 0.306 e. The minimum Gasteiger partial charge on any atom is -0.461 e. The fraction of sp³-hybridized carbons (Fsp3) is 0.556. The highest BCUT2D eigenvalue weighted by Crippen LogP contribution is 1.96. The number of esters is 1. The van der Waals surface area contributed by atoms with E-state index in [-0.39, 0.29) is 5.97 Å². The molecule has 2 heteroatoms. The predicted molar refractivity (Wildman–Crippen MR) is 45.0 cm³/mol. The van der Waals surface area contributed by atoms with Crippen LogP contribution in [-0.4, -0.2) is 12.6 Å². The van der Waals surface area contributed by atoms with E-state index in [9.17, 15) is 4.79 Å². The van der Waals surface area contributed by atoms with Crippen molar-refractivity contribution in [2.45, 2.75) is 26.7 Å². The van der Waals surface area contributed by atoms with Crippen molar-refractivity contribution < 1.29 is 9.53 Å². The number of carbonyl (C=O) groups excluding carboxylic acids is 1. The molecule has 0 spiro atoms. The van der Waals surface area contributed by atoms with Crippen LogP contribution in [-0.2, 0) is 9.53 Å². The molecule has 0 aliphatic rings. The molecule has 11 heavy (non-hydrogen) atoms. The van der Waals surface area contributed by atoms with Crippen molar-refractivity contribution in [2.24, 2.45) is 0 Å². The van der Waals surface area contributed by atoms with Crippen LogP contribution < -0.4 is 0 Å². The SMILES string of the molecule is [CH2]/C=C(\C)COC(=O)CCC. The van der Waals surface area contributed by atoms with Crippen LogP contribution in [0.4, 0.5) is 0 Å². The normalized spacial score (nSPS) is 11.4. The van der Waals surface area contributed by atoms with Crippen LogP contribution in [0, 0.1) is 6.92 Å². The maximum Gasteiger partial charge on any atom is 0.306 e. The second-order valence-corrected chi connectivity index (χ2v) is 2.46. The van der Waals surface area contributed by atoms with Gasteiger partial charge in [-0.1, -0.05) is 13.0 Å². The van der Waals surface area contributed by atoms with Crippen molar-refractivity contribution in [1.82, 2.24) is 0 Å². The van der Waals surface area contributed by atoms with Gasteiger partial charge in [-0.15, -0.1) is 0 Å². The van der Waals surface area contributed by atoms with Crippen molar-refractivity contribution in [3.63, 3.8) is 0 Å². The van der Waals surface area contributed by atoms with Crippen LogP contribution >= 0.6 is 0 Å². The van der Waals surface area contributed by atoms with Crippen molar-refractivity contribution >= 4 is 5.97 Å². The zero-order chi connectivity index (χ0) is 8.69. The van der Waals surface area contributed by atoms with Crippen LogP contribution in [0.5, 0.6) is 0 Å². The van der Waals surface area contributed by atoms with E-state index in [2.05, 4.69) is 6.92 Å². The van der Waals surface area contributed by atoms with Crippen LogP contribution in [0.15, 0.2) is 11.6 Å². The Labute approximate surface area is 68.2 Å². The highest BCUT2D eigenvalue weighted by Gasteiger charge is 1.99. The fourth-order valence-corrected chi connectivity index (χ4v) is 0.530. The van der Waals surface area contributed by atoms with E-state index < -0.39 is 0 Å². The minimum atomic E-state index is -0.131. The Kier molecular flexibility index (Phi) is 5.53. The Bertz CT molecular complexity index is 148. The summed E-state index contributed by atoms with van der Waals surface area (Å²) in [6.07, 6.45) is 3.04. The summed E-state index contributed by atoms with van der Waals surface area (Å²) >= 11 is 0. The Morgan fingerprint density at radius 1 is 1.64 bits per heavy atom. The quantitative estimate of drug-likeness (QED) is 0.581. The van der Waals surface area contributed by atoms with E-state index in [0.717, 1.165) is 12.0 Å². The van der Waals surface area contributed by atoms with Gasteiger partial charge in [-0.3, -0.25) is 4.79 Å². The van der Waals surface area contributed by atoms with Gasteiger partial charge < -0.3 is 4.74 Å². The highest BCUT2D eigenvalue weighted by molar-refractivity contribution is 5.69. The van der Waals surface area contributed by atoms with E-state index in [4.69, 9.17) is 4.74 Å². The first-order valence-electron chi connectivity index (χ1n) is 3.81. The summed E-state index contributed by atoms with van der Waals surface area (Å²) < 4.78 is 4.89. The molecule has 0 amide bonds. The first kappa shape index (κ1) is 10.2. The van der Waals surface area contributed by atoms with Crippen molar-refractivity contribution in [1.29, 1.82) is 0 Å². The van der Waals surface area contributed by atoms with Crippen molar-refractivity contribution in [2.75, 3.05) is 6.61 Å². The molecule has 0 fully saturated rings. The molecule has 0 heterocycles. The summed E-state index contributed by atoms with van der Waals surface area (Å²) in [7, 11) is 0. The first-order chi connectivity index (χ1) is 5.20. The molecule has 0 saturated carbocycles. The fourth-order valence-electron chi connectivity index (χ4n) is 0.530. The lowest BCUT2D eigenvalue weighted by Crippen LogP contribution is -2.05. The monoisotopic (exact) mass is 155 g/mol. The zero-order valence-corrected chi connectivity index (χ0v) is 7.22. The third kappa shape index (κ3) is 5.64. The van der Waals surface area contributed by atoms with Gasteiger partial charge in [0.1, 0.15) is 6.61 Å². The van der Waals surface area contributed by atoms with Crippen molar-refractivity contribution in [3.05, 3.63) is 18.6 Å². The van der Waals surface area contributed by atoms with Crippen molar-refractivity contribution in [3.8, 4) is 0 Å². The van der Waals surface area contributed by atoms with Gasteiger partial charge in [0, 0.05) is 6.42 Å². The molecule has 63 valence electrons. The van der Waals surface area contributed by atoms with E-state index in [1.165, 1.54) is 0 Å². The Balaban J connectivity index is 3.46. The summed E-state index contributed by atoms with van der Waals surface area (Å²) in [4.78, 5) is 10.8. The molecular weight excluding hydrogens is 140 g/mol. The summed E-state index contributed by atoms with van der Waals surface area (Å²) in [5, 5.41) is 0. The maximum atomic E-state index is 10.8. The molecule has 0 aromatic carbocycles. The van der Waals surface area contributed by atoms with Gasteiger partial charge in [0.05, 0.1) is 0 Å². The zero-order valence-electron chi connectivity index (χ0n) is 7.22. The van der Waals surface area contributed by atoms with Crippen LogP contribution in [0.25, 0.3) is 0 Å². The third-order valence-corrected chi connectivity index (χ3v) is 1.26. The summed E-state index contributed by atoms with van der Waals surface area (Å²) in [6.45, 7) is 7.76. The van der Waals surface area contributed by atoms with Gasteiger partial charge in [0.25, 0.3) is 0 Å². The summed E-state index contributed by atoms with van der Waals surface area (Å²) in [5.74, 6) is -0.131. The summed E-state index contributed by atoms with van der Waals surface area (Å²) in [5.41, 5.74) is 0.981. The largest absolute Gasteiger partial charge is 0.461 e. The van der Waals surface area contributed by atoms with Crippen LogP contribution in [0.1, 0.15) is 26.7 Å².